The highest BCUT2D eigenvalue weighted by molar-refractivity contribution is 7.88. The quantitative estimate of drug-likeness (QED) is 0.898. The zero-order valence-corrected chi connectivity index (χ0v) is 14.1. The minimum absolute atomic E-state index is 0.0638. The summed E-state index contributed by atoms with van der Waals surface area (Å²) in [5, 5.41) is 2.80. The summed E-state index contributed by atoms with van der Waals surface area (Å²) >= 11 is 0. The van der Waals surface area contributed by atoms with Crippen LogP contribution < -0.4 is 5.32 Å². The van der Waals surface area contributed by atoms with Crippen molar-refractivity contribution in [1.82, 2.24) is 14.5 Å². The standard InChI is InChI=1S/C15H22FN3O3S/c1-18(23(2,21)22)14-7-9-19(10-8-14)15(20)17-11-12-3-5-13(16)6-4-12/h3-6,14H,7-11H2,1-2H3,(H,17,20). The second kappa shape index (κ2) is 7.27. The van der Waals surface area contributed by atoms with Crippen LogP contribution in [0.25, 0.3) is 0 Å². The van der Waals surface area contributed by atoms with Crippen molar-refractivity contribution in [1.29, 1.82) is 0 Å². The monoisotopic (exact) mass is 343 g/mol. The van der Waals surface area contributed by atoms with Crippen LogP contribution >= 0.6 is 0 Å². The van der Waals surface area contributed by atoms with Crippen LogP contribution in [-0.4, -0.2) is 56.1 Å². The summed E-state index contributed by atoms with van der Waals surface area (Å²) in [6.45, 7) is 1.36. The van der Waals surface area contributed by atoms with E-state index in [1.807, 2.05) is 0 Å². The Bertz CT molecular complexity index is 640. The van der Waals surface area contributed by atoms with Gasteiger partial charge in [-0.25, -0.2) is 21.9 Å². The number of likely N-dealkylation sites (tertiary alicyclic amines) is 1. The van der Waals surface area contributed by atoms with Crippen molar-refractivity contribution in [2.24, 2.45) is 0 Å². The molecule has 6 nitrogen and oxygen atoms in total. The highest BCUT2D eigenvalue weighted by Crippen LogP contribution is 2.17. The Morgan fingerprint density at radius 1 is 1.30 bits per heavy atom. The normalized spacial score (nSPS) is 16.6. The van der Waals surface area contributed by atoms with E-state index >= 15 is 0 Å². The maximum Gasteiger partial charge on any atom is 0.317 e. The van der Waals surface area contributed by atoms with Gasteiger partial charge in [-0.3, -0.25) is 0 Å². The lowest BCUT2D eigenvalue weighted by Crippen LogP contribution is -2.49. The summed E-state index contributed by atoms with van der Waals surface area (Å²) in [5.74, 6) is -0.308. The van der Waals surface area contributed by atoms with E-state index < -0.39 is 10.0 Å². The summed E-state index contributed by atoms with van der Waals surface area (Å²) in [6, 6.07) is 5.72. The first kappa shape index (κ1) is 17.7. The fourth-order valence-electron chi connectivity index (χ4n) is 2.60. The molecule has 1 aromatic rings. The summed E-state index contributed by atoms with van der Waals surface area (Å²) in [7, 11) is -1.63. The molecule has 0 atom stereocenters. The first-order chi connectivity index (χ1) is 10.8. The number of nitrogens with one attached hydrogen (secondary N) is 1. The Morgan fingerprint density at radius 3 is 2.39 bits per heavy atom. The number of benzene rings is 1. The van der Waals surface area contributed by atoms with E-state index in [-0.39, 0.29) is 17.9 Å². The summed E-state index contributed by atoms with van der Waals surface area (Å²) in [6.07, 6.45) is 2.43. The number of nitrogens with zero attached hydrogens (tertiary/aromatic N) is 2. The van der Waals surface area contributed by atoms with E-state index in [9.17, 15) is 17.6 Å². The van der Waals surface area contributed by atoms with E-state index in [2.05, 4.69) is 5.32 Å². The van der Waals surface area contributed by atoms with Crippen molar-refractivity contribution in [3.8, 4) is 0 Å². The van der Waals surface area contributed by atoms with Gasteiger partial charge in [0, 0.05) is 32.7 Å². The lowest BCUT2D eigenvalue weighted by Gasteiger charge is -2.35. The average Bonchev–Trinajstić information content (AvgIpc) is 2.52. The van der Waals surface area contributed by atoms with Gasteiger partial charge in [-0.15, -0.1) is 0 Å². The van der Waals surface area contributed by atoms with Crippen LogP contribution in [0.3, 0.4) is 0 Å². The van der Waals surface area contributed by atoms with Crippen LogP contribution in [0.2, 0.25) is 0 Å². The first-order valence-electron chi connectivity index (χ1n) is 7.47. The predicted molar refractivity (Wildman–Crippen MR) is 85.8 cm³/mol. The molecule has 0 spiro atoms. The fraction of sp³-hybridized carbons (Fsp3) is 0.533. The average molecular weight is 343 g/mol. The molecular formula is C15H22FN3O3S. The zero-order chi connectivity index (χ0) is 17.0. The van der Waals surface area contributed by atoms with Gasteiger partial charge in [-0.05, 0) is 30.5 Å². The largest absolute Gasteiger partial charge is 0.334 e. The van der Waals surface area contributed by atoms with Gasteiger partial charge in [0.05, 0.1) is 6.26 Å². The number of carbonyl (C=O) groups excluding carboxylic acids is 1. The molecule has 8 heteroatoms. The van der Waals surface area contributed by atoms with Gasteiger partial charge >= 0.3 is 6.03 Å². The van der Waals surface area contributed by atoms with E-state index in [4.69, 9.17) is 0 Å². The fourth-order valence-corrected chi connectivity index (χ4v) is 3.35. The van der Waals surface area contributed by atoms with Crippen LogP contribution in [0.1, 0.15) is 18.4 Å². The minimum atomic E-state index is -3.21. The summed E-state index contributed by atoms with van der Waals surface area (Å²) in [5.41, 5.74) is 0.825. The number of piperidine rings is 1. The minimum Gasteiger partial charge on any atom is -0.334 e. The van der Waals surface area contributed by atoms with E-state index in [1.165, 1.54) is 22.7 Å². The molecule has 1 aliphatic rings. The Morgan fingerprint density at radius 2 is 1.87 bits per heavy atom. The molecule has 128 valence electrons. The van der Waals surface area contributed by atoms with Crippen molar-refractivity contribution in [2.75, 3.05) is 26.4 Å². The third-order valence-corrected chi connectivity index (χ3v) is 5.49. The Hall–Kier alpha value is -1.67. The zero-order valence-electron chi connectivity index (χ0n) is 13.3. The van der Waals surface area contributed by atoms with Crippen molar-refractivity contribution in [3.05, 3.63) is 35.6 Å². The highest BCUT2D eigenvalue weighted by Gasteiger charge is 2.28. The summed E-state index contributed by atoms with van der Waals surface area (Å²) in [4.78, 5) is 13.8. The second-order valence-electron chi connectivity index (χ2n) is 5.78. The molecule has 0 saturated carbocycles. The molecule has 1 aromatic carbocycles. The molecule has 1 heterocycles. The Labute approximate surface area is 136 Å². The van der Waals surface area contributed by atoms with Gasteiger partial charge in [0.25, 0.3) is 0 Å². The van der Waals surface area contributed by atoms with Crippen molar-refractivity contribution >= 4 is 16.1 Å². The lowest BCUT2D eigenvalue weighted by atomic mass is 10.1. The molecule has 1 N–H and O–H groups in total. The van der Waals surface area contributed by atoms with E-state index in [1.54, 1.807) is 24.1 Å². The number of carbonyl (C=O) groups is 1. The number of hydrogen-bond acceptors (Lipinski definition) is 3. The van der Waals surface area contributed by atoms with Crippen LogP contribution in [0.5, 0.6) is 0 Å². The SMILES string of the molecule is CN(C1CCN(C(=O)NCc2ccc(F)cc2)CC1)S(C)(=O)=O. The maximum atomic E-state index is 12.8. The lowest BCUT2D eigenvalue weighted by molar-refractivity contribution is 0.164. The third-order valence-electron chi connectivity index (χ3n) is 4.15. The van der Waals surface area contributed by atoms with Gasteiger partial charge in [0.1, 0.15) is 5.82 Å². The van der Waals surface area contributed by atoms with Crippen LogP contribution in [-0.2, 0) is 16.6 Å². The van der Waals surface area contributed by atoms with E-state index in [0.717, 1.165) is 5.56 Å². The van der Waals surface area contributed by atoms with Crippen molar-refractivity contribution < 1.29 is 17.6 Å². The molecule has 1 fully saturated rings. The van der Waals surface area contributed by atoms with Crippen molar-refractivity contribution in [3.63, 3.8) is 0 Å². The van der Waals surface area contributed by atoms with Crippen LogP contribution in [0.4, 0.5) is 9.18 Å². The molecule has 0 bridgehead atoms. The summed E-state index contributed by atoms with van der Waals surface area (Å²) < 4.78 is 37.3. The van der Waals surface area contributed by atoms with Gasteiger partial charge in [-0.1, -0.05) is 12.1 Å². The molecule has 0 aliphatic carbocycles. The predicted octanol–water partition coefficient (Wildman–Crippen LogP) is 1.39. The number of urea groups is 1. The Kier molecular flexibility index (Phi) is 5.59. The molecule has 2 rings (SSSR count). The van der Waals surface area contributed by atoms with Crippen molar-refractivity contribution in [2.45, 2.75) is 25.4 Å². The molecular weight excluding hydrogens is 321 g/mol. The molecule has 0 radical (unpaired) electrons. The van der Waals surface area contributed by atoms with Gasteiger partial charge in [0.2, 0.25) is 10.0 Å². The molecule has 0 unspecified atom stereocenters. The Balaban J connectivity index is 1.80. The van der Waals surface area contributed by atoms with Gasteiger partial charge < -0.3 is 10.2 Å². The smallest absolute Gasteiger partial charge is 0.317 e. The number of halogens is 1. The highest BCUT2D eigenvalue weighted by atomic mass is 32.2. The number of sulfonamides is 1. The second-order valence-corrected chi connectivity index (χ2v) is 7.82. The molecule has 2 amide bonds. The maximum absolute atomic E-state index is 12.8. The number of hydrogen-bond donors (Lipinski definition) is 1. The molecule has 1 aliphatic heterocycles. The molecule has 23 heavy (non-hydrogen) atoms. The van der Waals surface area contributed by atoms with Gasteiger partial charge in [0.15, 0.2) is 0 Å². The van der Waals surface area contributed by atoms with Gasteiger partial charge in [-0.2, -0.15) is 0 Å². The third kappa shape index (κ3) is 4.90. The van der Waals surface area contributed by atoms with Crippen LogP contribution in [0, 0.1) is 5.82 Å². The molecule has 0 aromatic heterocycles. The first-order valence-corrected chi connectivity index (χ1v) is 9.32. The topological polar surface area (TPSA) is 69.7 Å². The number of amides is 2. The molecule has 1 saturated heterocycles. The van der Waals surface area contributed by atoms with Crippen LogP contribution in [0.15, 0.2) is 24.3 Å². The number of rotatable bonds is 4. The van der Waals surface area contributed by atoms with E-state index in [0.29, 0.717) is 32.5 Å².